The summed E-state index contributed by atoms with van der Waals surface area (Å²) in [6, 6.07) is 0. The van der Waals surface area contributed by atoms with Crippen LogP contribution in [0.15, 0.2) is 11.2 Å². The molecule has 2 heterocycles. The molecule has 1 aliphatic heterocycles. The van der Waals surface area contributed by atoms with E-state index in [1.807, 2.05) is 38.5 Å². The van der Waals surface area contributed by atoms with Gasteiger partial charge in [-0.25, -0.2) is 0 Å². The second-order valence-electron chi connectivity index (χ2n) is 7.76. The number of carbonyl (C=O) groups is 2. The SMILES string of the molecule is CCCCn1cc(C)s/c1=N\C(=O)[C@]12CC[C@](C)(C(=O)O1)C2(C)C. The van der Waals surface area contributed by atoms with E-state index in [0.29, 0.717) is 17.6 Å². The summed E-state index contributed by atoms with van der Waals surface area (Å²) in [6.07, 6.45) is 5.40. The highest BCUT2D eigenvalue weighted by Gasteiger charge is 2.75. The molecule has 1 aliphatic carbocycles. The number of thiazole rings is 1. The number of ether oxygens (including phenoxy) is 1. The van der Waals surface area contributed by atoms with Crippen LogP contribution in [-0.4, -0.2) is 22.0 Å². The van der Waals surface area contributed by atoms with Gasteiger partial charge in [0, 0.05) is 23.0 Å². The molecular weight excluding hydrogens is 324 g/mol. The third kappa shape index (κ3) is 2.15. The van der Waals surface area contributed by atoms with E-state index in [4.69, 9.17) is 4.74 Å². The lowest BCUT2D eigenvalue weighted by Crippen LogP contribution is -2.47. The molecule has 2 fully saturated rings. The Morgan fingerprint density at radius 1 is 1.38 bits per heavy atom. The summed E-state index contributed by atoms with van der Waals surface area (Å²) in [5.74, 6) is -0.572. The number of nitrogens with zero attached hydrogens (tertiary/aromatic N) is 2. The minimum Gasteiger partial charge on any atom is -0.448 e. The normalized spacial score (nSPS) is 31.5. The quantitative estimate of drug-likeness (QED) is 0.784. The molecule has 0 aromatic carbocycles. The smallest absolute Gasteiger partial charge is 0.313 e. The minimum absolute atomic E-state index is 0.261. The molecule has 1 saturated heterocycles. The van der Waals surface area contributed by atoms with Crippen molar-refractivity contribution in [3.05, 3.63) is 15.9 Å². The summed E-state index contributed by atoms with van der Waals surface area (Å²) in [5.41, 5.74) is -2.25. The molecule has 6 heteroatoms. The van der Waals surface area contributed by atoms with Crippen molar-refractivity contribution in [1.82, 2.24) is 4.57 Å². The maximum absolute atomic E-state index is 13.1. The molecule has 1 aromatic rings. The second-order valence-corrected chi connectivity index (χ2v) is 8.98. The second kappa shape index (κ2) is 5.55. The van der Waals surface area contributed by atoms with Crippen molar-refractivity contribution in [3.63, 3.8) is 0 Å². The molecule has 2 bridgehead atoms. The number of fused-ring (bicyclic) bond motifs is 2. The zero-order valence-corrected chi connectivity index (χ0v) is 16.0. The van der Waals surface area contributed by atoms with Gasteiger partial charge in [0.05, 0.1) is 5.41 Å². The summed E-state index contributed by atoms with van der Waals surface area (Å²) < 4.78 is 7.68. The lowest BCUT2D eigenvalue weighted by atomic mass is 9.66. The minimum atomic E-state index is -1.11. The monoisotopic (exact) mass is 350 g/mol. The molecule has 1 aromatic heterocycles. The lowest BCUT2D eigenvalue weighted by Gasteiger charge is -2.33. The third-order valence-electron chi connectivity index (χ3n) is 6.21. The molecule has 5 nitrogen and oxygen atoms in total. The Bertz CT molecular complexity index is 761. The molecular formula is C18H26N2O3S. The predicted molar refractivity (Wildman–Crippen MR) is 92.5 cm³/mol. The fourth-order valence-electron chi connectivity index (χ4n) is 3.98. The number of hydrogen-bond donors (Lipinski definition) is 0. The van der Waals surface area contributed by atoms with Crippen molar-refractivity contribution in [1.29, 1.82) is 0 Å². The third-order valence-corrected chi connectivity index (χ3v) is 7.15. The molecule has 2 aliphatic rings. The average molecular weight is 350 g/mol. The van der Waals surface area contributed by atoms with Gasteiger partial charge in [-0.3, -0.25) is 9.59 Å². The summed E-state index contributed by atoms with van der Waals surface area (Å²) in [7, 11) is 0. The number of unbranched alkanes of at least 4 members (excludes halogenated alkanes) is 1. The van der Waals surface area contributed by atoms with Gasteiger partial charge in [0.15, 0.2) is 10.4 Å². The lowest BCUT2D eigenvalue weighted by molar-refractivity contribution is -0.166. The van der Waals surface area contributed by atoms with Crippen LogP contribution in [0.1, 0.15) is 58.3 Å². The molecule has 1 amide bonds. The van der Waals surface area contributed by atoms with Gasteiger partial charge in [-0.1, -0.05) is 27.2 Å². The van der Waals surface area contributed by atoms with Crippen molar-refractivity contribution in [3.8, 4) is 0 Å². The van der Waals surface area contributed by atoms with Crippen LogP contribution >= 0.6 is 11.3 Å². The maximum atomic E-state index is 13.1. The first-order valence-corrected chi connectivity index (χ1v) is 9.49. The average Bonchev–Trinajstić information content (AvgIpc) is 3.01. The maximum Gasteiger partial charge on any atom is 0.313 e. The van der Waals surface area contributed by atoms with Crippen LogP contribution in [0.25, 0.3) is 0 Å². The van der Waals surface area contributed by atoms with Crippen molar-refractivity contribution in [2.45, 2.75) is 72.4 Å². The number of aromatic nitrogens is 1. The van der Waals surface area contributed by atoms with Gasteiger partial charge in [0.25, 0.3) is 5.91 Å². The molecule has 132 valence electrons. The van der Waals surface area contributed by atoms with Crippen LogP contribution in [0.5, 0.6) is 0 Å². The van der Waals surface area contributed by atoms with Gasteiger partial charge in [0.1, 0.15) is 0 Å². The van der Waals surface area contributed by atoms with Crippen LogP contribution < -0.4 is 4.80 Å². The Balaban J connectivity index is 2.01. The standard InChI is InChI=1S/C18H26N2O3S/c1-6-7-10-20-11-12(2)24-15(20)19-13(21)18-9-8-17(5,14(22)23-18)16(18,3)4/h11H,6-10H2,1-5H3/b19-15-/t17-,18+/m1/s1. The van der Waals surface area contributed by atoms with Crippen LogP contribution in [0.4, 0.5) is 0 Å². The highest BCUT2D eigenvalue weighted by atomic mass is 32.1. The van der Waals surface area contributed by atoms with Crippen LogP contribution in [-0.2, 0) is 20.9 Å². The van der Waals surface area contributed by atoms with Crippen LogP contribution in [0.2, 0.25) is 0 Å². The van der Waals surface area contributed by atoms with Crippen LogP contribution in [0.3, 0.4) is 0 Å². The number of amides is 1. The van der Waals surface area contributed by atoms with E-state index in [9.17, 15) is 9.59 Å². The molecule has 24 heavy (non-hydrogen) atoms. The van der Waals surface area contributed by atoms with Gasteiger partial charge in [-0.15, -0.1) is 11.3 Å². The van der Waals surface area contributed by atoms with E-state index in [-0.39, 0.29) is 11.9 Å². The van der Waals surface area contributed by atoms with Gasteiger partial charge in [0.2, 0.25) is 0 Å². The number of aryl methyl sites for hydroxylation is 2. The van der Waals surface area contributed by atoms with E-state index < -0.39 is 16.4 Å². The number of rotatable bonds is 4. The van der Waals surface area contributed by atoms with Crippen molar-refractivity contribution in [2.75, 3.05) is 0 Å². The first-order valence-electron chi connectivity index (χ1n) is 8.67. The highest BCUT2D eigenvalue weighted by molar-refractivity contribution is 7.09. The van der Waals surface area contributed by atoms with Crippen molar-refractivity contribution < 1.29 is 14.3 Å². The molecule has 2 atom stereocenters. The zero-order chi connectivity index (χ0) is 17.8. The van der Waals surface area contributed by atoms with Crippen molar-refractivity contribution in [2.24, 2.45) is 15.8 Å². The summed E-state index contributed by atoms with van der Waals surface area (Å²) in [4.78, 5) is 31.6. The van der Waals surface area contributed by atoms with Gasteiger partial charge >= 0.3 is 5.97 Å². The summed E-state index contributed by atoms with van der Waals surface area (Å²) >= 11 is 1.51. The van der Waals surface area contributed by atoms with Gasteiger partial charge < -0.3 is 9.30 Å². The van der Waals surface area contributed by atoms with E-state index in [1.54, 1.807) is 0 Å². The van der Waals surface area contributed by atoms with E-state index in [1.165, 1.54) is 11.3 Å². The Hall–Kier alpha value is -1.43. The molecule has 0 N–H and O–H groups in total. The zero-order valence-electron chi connectivity index (χ0n) is 15.1. The van der Waals surface area contributed by atoms with Gasteiger partial charge in [-0.2, -0.15) is 4.99 Å². The van der Waals surface area contributed by atoms with E-state index in [2.05, 4.69) is 11.9 Å². The number of esters is 1. The Morgan fingerprint density at radius 3 is 2.62 bits per heavy atom. The molecule has 1 saturated carbocycles. The Labute approximate surface area is 146 Å². The Morgan fingerprint density at radius 2 is 2.08 bits per heavy atom. The molecule has 3 rings (SSSR count). The topological polar surface area (TPSA) is 60.7 Å². The highest BCUT2D eigenvalue weighted by Crippen LogP contribution is 2.65. The number of carbonyl (C=O) groups excluding carboxylic acids is 2. The number of hydrogen-bond acceptors (Lipinski definition) is 4. The molecule has 0 unspecified atom stereocenters. The van der Waals surface area contributed by atoms with Crippen molar-refractivity contribution >= 4 is 23.2 Å². The van der Waals surface area contributed by atoms with E-state index >= 15 is 0 Å². The molecule has 0 radical (unpaired) electrons. The predicted octanol–water partition coefficient (Wildman–Crippen LogP) is 3.21. The summed E-state index contributed by atoms with van der Waals surface area (Å²) in [5, 5.41) is 0. The largest absolute Gasteiger partial charge is 0.448 e. The fraction of sp³-hybridized carbons (Fsp3) is 0.722. The fourth-order valence-corrected chi connectivity index (χ4v) is 4.84. The molecule has 0 spiro atoms. The Kier molecular flexibility index (Phi) is 4.02. The summed E-state index contributed by atoms with van der Waals surface area (Å²) in [6.45, 7) is 10.8. The first-order chi connectivity index (χ1) is 11.2. The first kappa shape index (κ1) is 17.4. The van der Waals surface area contributed by atoms with Crippen LogP contribution in [0, 0.1) is 17.8 Å². The van der Waals surface area contributed by atoms with Gasteiger partial charge in [-0.05, 0) is 33.1 Å². The van der Waals surface area contributed by atoms with E-state index in [0.717, 1.165) is 24.3 Å².